The van der Waals surface area contributed by atoms with Crippen LogP contribution in [-0.2, 0) is 6.42 Å². The average Bonchev–Trinajstić information content (AvgIpc) is 2.65. The van der Waals surface area contributed by atoms with Crippen LogP contribution in [0.5, 0.6) is 0 Å². The minimum Gasteiger partial charge on any atom is -0.392 e. The summed E-state index contributed by atoms with van der Waals surface area (Å²) in [6, 6.07) is 5.61. The van der Waals surface area contributed by atoms with Crippen LogP contribution >= 0.6 is 23.2 Å². The summed E-state index contributed by atoms with van der Waals surface area (Å²) in [4.78, 5) is 0. The average molecular weight is 287 g/mol. The van der Waals surface area contributed by atoms with Crippen molar-refractivity contribution in [2.45, 2.75) is 45.6 Å². The summed E-state index contributed by atoms with van der Waals surface area (Å²) in [6.45, 7) is 4.49. The molecule has 0 aromatic heterocycles. The first-order valence-electron chi connectivity index (χ1n) is 6.53. The molecule has 1 aromatic rings. The molecule has 1 fully saturated rings. The van der Waals surface area contributed by atoms with Crippen molar-refractivity contribution in [3.63, 3.8) is 0 Å². The van der Waals surface area contributed by atoms with E-state index in [2.05, 4.69) is 13.8 Å². The maximum absolute atomic E-state index is 10.5. The molecule has 2 unspecified atom stereocenters. The second-order valence-corrected chi connectivity index (χ2v) is 6.76. The van der Waals surface area contributed by atoms with Crippen LogP contribution in [0.3, 0.4) is 0 Å². The van der Waals surface area contributed by atoms with Crippen LogP contribution in [0.25, 0.3) is 0 Å². The summed E-state index contributed by atoms with van der Waals surface area (Å²) in [5.41, 5.74) is 1.17. The third kappa shape index (κ3) is 2.84. The van der Waals surface area contributed by atoms with E-state index >= 15 is 0 Å². The number of hydrogen-bond acceptors (Lipinski definition) is 1. The number of halogens is 2. The SMILES string of the molecule is CC1(C)CCCC1C(O)Cc1cccc(Cl)c1Cl. The Bertz CT molecular complexity index is 429. The zero-order chi connectivity index (χ0) is 13.3. The van der Waals surface area contributed by atoms with Gasteiger partial charge in [0.05, 0.1) is 16.1 Å². The van der Waals surface area contributed by atoms with Gasteiger partial charge in [-0.05, 0) is 35.8 Å². The molecular weight excluding hydrogens is 267 g/mol. The first-order valence-corrected chi connectivity index (χ1v) is 7.28. The van der Waals surface area contributed by atoms with Crippen molar-refractivity contribution in [1.82, 2.24) is 0 Å². The Morgan fingerprint density at radius 3 is 2.72 bits per heavy atom. The van der Waals surface area contributed by atoms with E-state index in [4.69, 9.17) is 23.2 Å². The van der Waals surface area contributed by atoms with Crippen LogP contribution in [-0.4, -0.2) is 11.2 Å². The molecule has 100 valence electrons. The molecule has 1 aliphatic rings. The lowest BCUT2D eigenvalue weighted by Gasteiger charge is -2.31. The van der Waals surface area contributed by atoms with Gasteiger partial charge in [0.15, 0.2) is 0 Å². The van der Waals surface area contributed by atoms with Crippen molar-refractivity contribution in [2.75, 3.05) is 0 Å². The van der Waals surface area contributed by atoms with E-state index in [0.717, 1.165) is 12.0 Å². The quantitative estimate of drug-likeness (QED) is 0.852. The van der Waals surface area contributed by atoms with Gasteiger partial charge < -0.3 is 5.11 Å². The third-order valence-electron chi connectivity index (χ3n) is 4.27. The normalized spacial score (nSPS) is 24.2. The van der Waals surface area contributed by atoms with Crippen LogP contribution < -0.4 is 0 Å². The third-order valence-corrected chi connectivity index (χ3v) is 5.12. The smallest absolute Gasteiger partial charge is 0.0625 e. The lowest BCUT2D eigenvalue weighted by molar-refractivity contribution is 0.0543. The van der Waals surface area contributed by atoms with E-state index in [9.17, 15) is 5.11 Å². The lowest BCUT2D eigenvalue weighted by atomic mass is 9.77. The van der Waals surface area contributed by atoms with Gasteiger partial charge in [0.1, 0.15) is 0 Å². The molecule has 0 saturated heterocycles. The van der Waals surface area contributed by atoms with E-state index < -0.39 is 0 Å². The molecule has 1 aliphatic carbocycles. The van der Waals surface area contributed by atoms with Gasteiger partial charge in [-0.3, -0.25) is 0 Å². The molecule has 0 heterocycles. The minimum atomic E-state index is -0.335. The first kappa shape index (κ1) is 14.2. The molecule has 1 aromatic carbocycles. The second kappa shape index (κ2) is 5.40. The summed E-state index contributed by atoms with van der Waals surface area (Å²) in [5, 5.41) is 11.6. The van der Waals surface area contributed by atoms with Gasteiger partial charge in [0, 0.05) is 6.42 Å². The molecule has 0 bridgehead atoms. The Labute approximate surface area is 119 Å². The Kier molecular flexibility index (Phi) is 4.25. The van der Waals surface area contributed by atoms with Gasteiger partial charge in [-0.25, -0.2) is 0 Å². The fourth-order valence-corrected chi connectivity index (χ4v) is 3.54. The Morgan fingerprint density at radius 2 is 2.11 bits per heavy atom. The van der Waals surface area contributed by atoms with Crippen molar-refractivity contribution >= 4 is 23.2 Å². The molecule has 1 N–H and O–H groups in total. The predicted molar refractivity (Wildman–Crippen MR) is 77.3 cm³/mol. The molecule has 18 heavy (non-hydrogen) atoms. The van der Waals surface area contributed by atoms with Gasteiger partial charge >= 0.3 is 0 Å². The van der Waals surface area contributed by atoms with Crippen LogP contribution in [0.2, 0.25) is 10.0 Å². The Morgan fingerprint density at radius 1 is 1.39 bits per heavy atom. The van der Waals surface area contributed by atoms with E-state index in [-0.39, 0.29) is 11.5 Å². The monoisotopic (exact) mass is 286 g/mol. The van der Waals surface area contributed by atoms with Crippen LogP contribution in [0, 0.1) is 11.3 Å². The highest BCUT2D eigenvalue weighted by Gasteiger charge is 2.38. The lowest BCUT2D eigenvalue weighted by Crippen LogP contribution is -2.31. The molecular formula is C15H20Cl2O. The Balaban J connectivity index is 2.12. The second-order valence-electron chi connectivity index (χ2n) is 5.97. The van der Waals surface area contributed by atoms with Crippen molar-refractivity contribution in [2.24, 2.45) is 11.3 Å². The standard InChI is InChI=1S/C15H20Cl2O/c1-15(2)8-4-6-11(15)13(18)9-10-5-3-7-12(16)14(10)17/h3,5,7,11,13,18H,4,6,8-9H2,1-2H3. The van der Waals surface area contributed by atoms with Gasteiger partial charge in [-0.15, -0.1) is 0 Å². The summed E-state index contributed by atoms with van der Waals surface area (Å²) >= 11 is 12.2. The summed E-state index contributed by atoms with van der Waals surface area (Å²) in [5.74, 6) is 0.354. The highest BCUT2D eigenvalue weighted by atomic mass is 35.5. The van der Waals surface area contributed by atoms with E-state index in [1.54, 1.807) is 6.07 Å². The maximum Gasteiger partial charge on any atom is 0.0625 e. The number of hydrogen-bond donors (Lipinski definition) is 1. The summed E-state index contributed by atoms with van der Waals surface area (Å²) in [7, 11) is 0. The van der Waals surface area contributed by atoms with E-state index in [0.29, 0.717) is 22.4 Å². The summed E-state index contributed by atoms with van der Waals surface area (Å²) < 4.78 is 0. The van der Waals surface area contributed by atoms with Crippen molar-refractivity contribution in [1.29, 1.82) is 0 Å². The summed E-state index contributed by atoms with van der Waals surface area (Å²) in [6.07, 6.45) is 3.76. The molecule has 2 atom stereocenters. The fraction of sp³-hybridized carbons (Fsp3) is 0.600. The Hall–Kier alpha value is -0.240. The first-order chi connectivity index (χ1) is 8.42. The molecule has 2 rings (SSSR count). The maximum atomic E-state index is 10.5. The number of rotatable bonds is 3. The molecule has 1 saturated carbocycles. The highest BCUT2D eigenvalue weighted by molar-refractivity contribution is 6.42. The largest absolute Gasteiger partial charge is 0.392 e. The predicted octanol–water partition coefficient (Wildman–Crippen LogP) is 4.72. The van der Waals surface area contributed by atoms with Crippen LogP contribution in [0.15, 0.2) is 18.2 Å². The van der Waals surface area contributed by atoms with E-state index in [1.807, 2.05) is 12.1 Å². The topological polar surface area (TPSA) is 20.2 Å². The van der Waals surface area contributed by atoms with Crippen molar-refractivity contribution < 1.29 is 5.11 Å². The van der Waals surface area contributed by atoms with Crippen LogP contribution in [0.4, 0.5) is 0 Å². The van der Waals surface area contributed by atoms with Crippen molar-refractivity contribution in [3.05, 3.63) is 33.8 Å². The van der Waals surface area contributed by atoms with Crippen LogP contribution in [0.1, 0.15) is 38.7 Å². The fourth-order valence-electron chi connectivity index (χ4n) is 3.14. The molecule has 0 radical (unpaired) electrons. The minimum absolute atomic E-state index is 0.227. The zero-order valence-electron chi connectivity index (χ0n) is 10.9. The van der Waals surface area contributed by atoms with E-state index in [1.165, 1.54) is 12.8 Å². The zero-order valence-corrected chi connectivity index (χ0v) is 12.4. The number of benzene rings is 1. The van der Waals surface area contributed by atoms with Crippen molar-refractivity contribution in [3.8, 4) is 0 Å². The van der Waals surface area contributed by atoms with Gasteiger partial charge in [-0.2, -0.15) is 0 Å². The van der Waals surface area contributed by atoms with Gasteiger partial charge in [0.2, 0.25) is 0 Å². The highest BCUT2D eigenvalue weighted by Crippen LogP contribution is 2.45. The number of aliphatic hydroxyl groups is 1. The molecule has 0 spiro atoms. The molecule has 3 heteroatoms. The molecule has 1 nitrogen and oxygen atoms in total. The van der Waals surface area contributed by atoms with Gasteiger partial charge in [0.25, 0.3) is 0 Å². The van der Waals surface area contributed by atoms with Gasteiger partial charge in [-0.1, -0.05) is 55.6 Å². The number of aliphatic hydroxyl groups excluding tert-OH is 1. The molecule has 0 aliphatic heterocycles. The molecule has 0 amide bonds.